The Hall–Kier alpha value is -7.42. The van der Waals surface area contributed by atoms with Crippen molar-refractivity contribution in [3.05, 3.63) is 230 Å². The Kier molecular flexibility index (Phi) is 8.20. The zero-order valence-corrected chi connectivity index (χ0v) is 33.2. The van der Waals surface area contributed by atoms with Crippen LogP contribution in [0, 0.1) is 0 Å². The van der Waals surface area contributed by atoms with E-state index in [0.29, 0.717) is 0 Å². The molecule has 1 aliphatic rings. The van der Waals surface area contributed by atoms with Crippen molar-refractivity contribution in [2.45, 2.75) is 19.3 Å². The summed E-state index contributed by atoms with van der Waals surface area (Å²) >= 11 is 0. The second-order valence-electron chi connectivity index (χ2n) is 16.2. The third-order valence-electron chi connectivity index (χ3n) is 12.4. The normalized spacial score (nSPS) is 12.7. The van der Waals surface area contributed by atoms with Gasteiger partial charge in [-0.25, -0.2) is 0 Å². The van der Waals surface area contributed by atoms with E-state index in [-0.39, 0.29) is 5.41 Å². The molecule has 0 aromatic heterocycles. The van der Waals surface area contributed by atoms with E-state index in [4.69, 9.17) is 0 Å². The van der Waals surface area contributed by atoms with Crippen molar-refractivity contribution in [1.29, 1.82) is 0 Å². The molecule has 0 radical (unpaired) electrons. The van der Waals surface area contributed by atoms with E-state index in [1.165, 1.54) is 71.4 Å². The SMILES string of the molecule is CC1(C)c2cc(N(c3ccccc3)c3cccc4ccccc34)ccc2-c2ccc(N(c3ccc(-c4ccc5ccccc5c4)cc3)c3cccc4ccccc34)cc21. The van der Waals surface area contributed by atoms with E-state index in [0.717, 1.165) is 28.4 Å². The molecule has 0 unspecified atom stereocenters. The highest BCUT2D eigenvalue weighted by Crippen LogP contribution is 2.53. The summed E-state index contributed by atoms with van der Waals surface area (Å²) in [6.07, 6.45) is 0. The van der Waals surface area contributed by atoms with E-state index in [1.54, 1.807) is 0 Å². The van der Waals surface area contributed by atoms with Crippen molar-refractivity contribution in [3.63, 3.8) is 0 Å². The second kappa shape index (κ2) is 13.9. The number of rotatable bonds is 7. The van der Waals surface area contributed by atoms with E-state index >= 15 is 0 Å². The topological polar surface area (TPSA) is 6.48 Å². The minimum Gasteiger partial charge on any atom is -0.310 e. The van der Waals surface area contributed by atoms with Gasteiger partial charge in [0.1, 0.15) is 0 Å². The number of fused-ring (bicyclic) bond motifs is 6. The fraction of sp³-hybridized carbons (Fsp3) is 0.0526. The predicted octanol–water partition coefficient (Wildman–Crippen LogP) is 16.1. The van der Waals surface area contributed by atoms with Crippen LogP contribution in [0.25, 0.3) is 54.6 Å². The molecule has 280 valence electrons. The summed E-state index contributed by atoms with van der Waals surface area (Å²) in [5, 5.41) is 7.40. The zero-order chi connectivity index (χ0) is 39.5. The van der Waals surface area contributed by atoms with Crippen LogP contribution < -0.4 is 9.80 Å². The van der Waals surface area contributed by atoms with Crippen LogP contribution in [-0.2, 0) is 5.41 Å². The number of para-hydroxylation sites is 1. The average molecular weight is 755 g/mol. The van der Waals surface area contributed by atoms with Gasteiger partial charge in [-0.3, -0.25) is 0 Å². The molecule has 2 nitrogen and oxygen atoms in total. The third-order valence-corrected chi connectivity index (χ3v) is 12.4. The molecule has 0 N–H and O–H groups in total. The summed E-state index contributed by atoms with van der Waals surface area (Å²) < 4.78 is 0. The lowest BCUT2D eigenvalue weighted by Gasteiger charge is -2.30. The minimum absolute atomic E-state index is 0.248. The van der Waals surface area contributed by atoms with Crippen molar-refractivity contribution in [2.75, 3.05) is 9.80 Å². The first kappa shape index (κ1) is 34.8. The van der Waals surface area contributed by atoms with Crippen LogP contribution >= 0.6 is 0 Å². The van der Waals surface area contributed by atoms with Crippen LogP contribution in [-0.4, -0.2) is 0 Å². The third kappa shape index (κ3) is 5.87. The molecule has 0 aliphatic heterocycles. The second-order valence-corrected chi connectivity index (χ2v) is 16.2. The number of hydrogen-bond donors (Lipinski definition) is 0. The lowest BCUT2D eigenvalue weighted by Crippen LogP contribution is -2.18. The van der Waals surface area contributed by atoms with Gasteiger partial charge >= 0.3 is 0 Å². The molecule has 0 fully saturated rings. The van der Waals surface area contributed by atoms with Gasteiger partial charge in [-0.15, -0.1) is 0 Å². The first-order valence-electron chi connectivity index (χ1n) is 20.5. The zero-order valence-electron chi connectivity index (χ0n) is 33.2. The molecule has 10 aromatic rings. The fourth-order valence-corrected chi connectivity index (χ4v) is 9.40. The molecule has 1 aliphatic carbocycles. The summed E-state index contributed by atoms with van der Waals surface area (Å²) in [4.78, 5) is 4.85. The first-order chi connectivity index (χ1) is 29.0. The van der Waals surface area contributed by atoms with Gasteiger partial charge < -0.3 is 9.80 Å². The molecule has 10 aromatic carbocycles. The molecular formula is C57H42N2. The van der Waals surface area contributed by atoms with Gasteiger partial charge in [-0.2, -0.15) is 0 Å². The maximum Gasteiger partial charge on any atom is 0.0540 e. The maximum atomic E-state index is 2.44. The van der Waals surface area contributed by atoms with Crippen LogP contribution in [0.5, 0.6) is 0 Å². The van der Waals surface area contributed by atoms with Gasteiger partial charge in [-0.1, -0.05) is 166 Å². The highest BCUT2D eigenvalue weighted by atomic mass is 15.1. The summed E-state index contributed by atoms with van der Waals surface area (Å²) in [7, 11) is 0. The molecular weight excluding hydrogens is 713 g/mol. The van der Waals surface area contributed by atoms with Crippen LogP contribution in [0.1, 0.15) is 25.0 Å². The summed E-state index contributed by atoms with van der Waals surface area (Å²) in [5.41, 5.74) is 14.3. The fourth-order valence-electron chi connectivity index (χ4n) is 9.40. The van der Waals surface area contributed by atoms with E-state index in [1.807, 2.05) is 0 Å². The van der Waals surface area contributed by atoms with Gasteiger partial charge in [0.25, 0.3) is 0 Å². The predicted molar refractivity (Wildman–Crippen MR) is 251 cm³/mol. The molecule has 0 amide bonds. The van der Waals surface area contributed by atoms with Crippen LogP contribution in [0.15, 0.2) is 218 Å². The van der Waals surface area contributed by atoms with Gasteiger partial charge in [0.15, 0.2) is 0 Å². The molecule has 2 heteroatoms. The van der Waals surface area contributed by atoms with Crippen molar-refractivity contribution < 1.29 is 0 Å². The Bertz CT molecular complexity index is 3190. The van der Waals surface area contributed by atoms with Crippen molar-refractivity contribution >= 4 is 66.4 Å². The molecule has 11 rings (SSSR count). The Morgan fingerprint density at radius 2 is 0.746 bits per heavy atom. The van der Waals surface area contributed by atoms with Crippen molar-refractivity contribution in [2.24, 2.45) is 0 Å². The van der Waals surface area contributed by atoms with Gasteiger partial charge in [0.05, 0.1) is 11.4 Å². The molecule has 0 heterocycles. The minimum atomic E-state index is -0.248. The van der Waals surface area contributed by atoms with Crippen molar-refractivity contribution in [1.82, 2.24) is 0 Å². The van der Waals surface area contributed by atoms with E-state index in [9.17, 15) is 0 Å². The standard InChI is InChI=1S/C57H42N2/c1-57(2)53-37-47(58(45-20-4-3-5-21-45)55-24-12-18-41-15-8-10-22-49(41)55)32-34-51(53)52-35-33-48(38-54(52)57)59(56-25-13-19-42-16-9-11-23-50(42)56)46-30-28-40(29-31-46)44-27-26-39-14-6-7-17-43(39)36-44/h3-38H,1-2H3. The maximum absolute atomic E-state index is 2.44. The van der Waals surface area contributed by atoms with Gasteiger partial charge in [0, 0.05) is 38.9 Å². The largest absolute Gasteiger partial charge is 0.310 e. The highest BCUT2D eigenvalue weighted by Gasteiger charge is 2.37. The lowest BCUT2D eigenvalue weighted by atomic mass is 9.82. The molecule has 0 atom stereocenters. The smallest absolute Gasteiger partial charge is 0.0540 e. The number of nitrogens with zero attached hydrogens (tertiary/aromatic N) is 2. The molecule has 59 heavy (non-hydrogen) atoms. The number of benzene rings is 10. The first-order valence-corrected chi connectivity index (χ1v) is 20.5. The van der Waals surface area contributed by atoms with Crippen LogP contribution in [0.2, 0.25) is 0 Å². The molecule has 0 saturated heterocycles. The Labute approximate surface area is 345 Å². The average Bonchev–Trinajstić information content (AvgIpc) is 3.52. The van der Waals surface area contributed by atoms with E-state index < -0.39 is 0 Å². The molecule has 0 saturated carbocycles. The van der Waals surface area contributed by atoms with Crippen LogP contribution in [0.4, 0.5) is 34.1 Å². The molecule has 0 bridgehead atoms. The van der Waals surface area contributed by atoms with Gasteiger partial charge in [-0.05, 0) is 122 Å². The van der Waals surface area contributed by atoms with Gasteiger partial charge in [0.2, 0.25) is 0 Å². The van der Waals surface area contributed by atoms with Crippen LogP contribution in [0.3, 0.4) is 0 Å². The summed E-state index contributed by atoms with van der Waals surface area (Å²) in [5.74, 6) is 0. The highest BCUT2D eigenvalue weighted by molar-refractivity contribution is 6.01. The summed E-state index contributed by atoms with van der Waals surface area (Å²) in [6, 6.07) is 79.9. The Morgan fingerprint density at radius 1 is 0.305 bits per heavy atom. The summed E-state index contributed by atoms with van der Waals surface area (Å²) in [6.45, 7) is 4.77. The quantitative estimate of drug-likeness (QED) is 0.160. The molecule has 0 spiro atoms. The number of hydrogen-bond acceptors (Lipinski definition) is 2. The monoisotopic (exact) mass is 754 g/mol. The Balaban J connectivity index is 1.03. The van der Waals surface area contributed by atoms with E-state index in [2.05, 4.69) is 242 Å². The van der Waals surface area contributed by atoms with Crippen molar-refractivity contribution in [3.8, 4) is 22.3 Å². The Morgan fingerprint density at radius 3 is 1.32 bits per heavy atom. The number of anilines is 6. The lowest BCUT2D eigenvalue weighted by molar-refractivity contribution is 0.660.